The second-order valence-electron chi connectivity index (χ2n) is 3.68. The van der Waals surface area contributed by atoms with E-state index in [1.807, 2.05) is 25.9 Å². The smallest absolute Gasteiger partial charge is 0.323 e. The van der Waals surface area contributed by atoms with E-state index in [9.17, 15) is 4.79 Å². The van der Waals surface area contributed by atoms with Gasteiger partial charge in [-0.25, -0.2) is 0 Å². The molecule has 0 aromatic rings. The molecule has 0 bridgehead atoms. The third kappa shape index (κ3) is 5.90. The van der Waals surface area contributed by atoms with Crippen LogP contribution < -0.4 is 5.32 Å². The number of carboxylic acids is 1. The molecule has 0 aliphatic heterocycles. The molecule has 84 valence electrons. The summed E-state index contributed by atoms with van der Waals surface area (Å²) >= 11 is 0. The normalized spacial score (nSPS) is 15.5. The average molecular weight is 204 g/mol. The number of ether oxygens (including phenoxy) is 1. The summed E-state index contributed by atoms with van der Waals surface area (Å²) in [7, 11) is 5.39. The zero-order valence-corrected chi connectivity index (χ0v) is 9.28. The molecule has 0 heterocycles. The molecular weight excluding hydrogens is 184 g/mol. The fourth-order valence-corrected chi connectivity index (χ4v) is 1.30. The SMILES string of the molecule is COCC(NC(C)CN(C)C)C(=O)O. The summed E-state index contributed by atoms with van der Waals surface area (Å²) in [6.45, 7) is 2.94. The zero-order chi connectivity index (χ0) is 11.1. The van der Waals surface area contributed by atoms with Gasteiger partial charge in [0.15, 0.2) is 0 Å². The first kappa shape index (κ1) is 13.4. The Balaban J connectivity index is 3.95. The second kappa shape index (κ2) is 6.75. The molecule has 0 aromatic heterocycles. The van der Waals surface area contributed by atoms with Crippen LogP contribution in [0.4, 0.5) is 0 Å². The van der Waals surface area contributed by atoms with E-state index in [-0.39, 0.29) is 12.6 Å². The highest BCUT2D eigenvalue weighted by Crippen LogP contribution is 1.91. The number of aliphatic carboxylic acids is 1. The van der Waals surface area contributed by atoms with E-state index < -0.39 is 12.0 Å². The van der Waals surface area contributed by atoms with Crippen molar-refractivity contribution in [1.29, 1.82) is 0 Å². The van der Waals surface area contributed by atoms with Crippen molar-refractivity contribution in [2.24, 2.45) is 0 Å². The topological polar surface area (TPSA) is 61.8 Å². The van der Waals surface area contributed by atoms with Crippen LogP contribution in [0.2, 0.25) is 0 Å². The minimum Gasteiger partial charge on any atom is -0.480 e. The molecule has 0 amide bonds. The van der Waals surface area contributed by atoms with Crippen LogP contribution in [0, 0.1) is 0 Å². The van der Waals surface area contributed by atoms with Crippen molar-refractivity contribution < 1.29 is 14.6 Å². The maximum Gasteiger partial charge on any atom is 0.323 e. The largest absolute Gasteiger partial charge is 0.480 e. The Morgan fingerprint density at radius 3 is 2.50 bits per heavy atom. The lowest BCUT2D eigenvalue weighted by atomic mass is 10.2. The van der Waals surface area contributed by atoms with Gasteiger partial charge in [-0.3, -0.25) is 10.1 Å². The Bertz CT molecular complexity index is 173. The van der Waals surface area contributed by atoms with E-state index in [4.69, 9.17) is 9.84 Å². The van der Waals surface area contributed by atoms with Gasteiger partial charge in [0.2, 0.25) is 0 Å². The molecule has 2 atom stereocenters. The highest BCUT2D eigenvalue weighted by atomic mass is 16.5. The van der Waals surface area contributed by atoms with Crippen molar-refractivity contribution in [1.82, 2.24) is 10.2 Å². The molecule has 5 heteroatoms. The lowest BCUT2D eigenvalue weighted by Gasteiger charge is -2.22. The predicted molar refractivity (Wildman–Crippen MR) is 54.5 cm³/mol. The van der Waals surface area contributed by atoms with Crippen LogP contribution in [0.3, 0.4) is 0 Å². The number of rotatable bonds is 7. The summed E-state index contributed by atoms with van der Waals surface area (Å²) in [5.74, 6) is -0.877. The fraction of sp³-hybridized carbons (Fsp3) is 0.889. The number of hydrogen-bond acceptors (Lipinski definition) is 4. The summed E-state index contributed by atoms with van der Waals surface area (Å²) in [4.78, 5) is 12.8. The van der Waals surface area contributed by atoms with Crippen molar-refractivity contribution in [2.45, 2.75) is 19.0 Å². The van der Waals surface area contributed by atoms with E-state index in [1.165, 1.54) is 7.11 Å². The van der Waals surface area contributed by atoms with Crippen LogP contribution >= 0.6 is 0 Å². The first-order chi connectivity index (χ1) is 6.47. The standard InChI is InChI=1S/C9H20N2O3/c1-7(5-11(2)3)10-8(6-14-4)9(12)13/h7-8,10H,5-6H2,1-4H3,(H,12,13). The number of likely N-dealkylation sites (N-methyl/N-ethyl adjacent to an activating group) is 1. The Kier molecular flexibility index (Phi) is 6.44. The van der Waals surface area contributed by atoms with Crippen LogP contribution in [-0.4, -0.2) is 62.4 Å². The van der Waals surface area contributed by atoms with Crippen LogP contribution in [0.15, 0.2) is 0 Å². The molecule has 0 aromatic carbocycles. The molecule has 0 fully saturated rings. The Morgan fingerprint density at radius 2 is 2.14 bits per heavy atom. The first-order valence-electron chi connectivity index (χ1n) is 4.60. The molecular formula is C9H20N2O3. The summed E-state index contributed by atoms with van der Waals surface area (Å²) in [6, 6.07) is -0.504. The summed E-state index contributed by atoms with van der Waals surface area (Å²) in [5, 5.41) is 11.8. The highest BCUT2D eigenvalue weighted by molar-refractivity contribution is 5.73. The van der Waals surface area contributed by atoms with Crippen molar-refractivity contribution in [3.63, 3.8) is 0 Å². The molecule has 0 rings (SSSR count). The van der Waals surface area contributed by atoms with Gasteiger partial charge in [0.05, 0.1) is 6.61 Å². The number of nitrogens with zero attached hydrogens (tertiary/aromatic N) is 1. The van der Waals surface area contributed by atoms with Gasteiger partial charge < -0.3 is 14.7 Å². The van der Waals surface area contributed by atoms with Gasteiger partial charge in [0, 0.05) is 19.7 Å². The Hall–Kier alpha value is -0.650. The monoisotopic (exact) mass is 204 g/mol. The van der Waals surface area contributed by atoms with Gasteiger partial charge in [-0.1, -0.05) is 0 Å². The van der Waals surface area contributed by atoms with Gasteiger partial charge in [0.25, 0.3) is 0 Å². The van der Waals surface area contributed by atoms with Gasteiger partial charge in [0.1, 0.15) is 6.04 Å². The maximum atomic E-state index is 10.8. The summed E-state index contributed by atoms with van der Waals surface area (Å²) in [5.41, 5.74) is 0. The number of nitrogens with one attached hydrogen (secondary N) is 1. The van der Waals surface area contributed by atoms with Gasteiger partial charge in [-0.2, -0.15) is 0 Å². The van der Waals surface area contributed by atoms with E-state index >= 15 is 0 Å². The summed E-state index contributed by atoms with van der Waals surface area (Å²) < 4.78 is 4.81. The average Bonchev–Trinajstić information content (AvgIpc) is 2.01. The van der Waals surface area contributed by atoms with Crippen molar-refractivity contribution >= 4 is 5.97 Å². The number of hydrogen-bond donors (Lipinski definition) is 2. The van der Waals surface area contributed by atoms with Crippen molar-refractivity contribution in [3.05, 3.63) is 0 Å². The van der Waals surface area contributed by atoms with Crippen molar-refractivity contribution in [2.75, 3.05) is 34.4 Å². The van der Waals surface area contributed by atoms with Crippen LogP contribution in [-0.2, 0) is 9.53 Å². The Morgan fingerprint density at radius 1 is 1.57 bits per heavy atom. The van der Waals surface area contributed by atoms with Gasteiger partial charge in [-0.05, 0) is 21.0 Å². The molecule has 0 aliphatic carbocycles. The second-order valence-corrected chi connectivity index (χ2v) is 3.68. The third-order valence-corrected chi connectivity index (χ3v) is 1.76. The molecule has 0 spiro atoms. The lowest BCUT2D eigenvalue weighted by molar-refractivity contribution is -0.141. The predicted octanol–water partition coefficient (Wildman–Crippen LogP) is -0.374. The molecule has 14 heavy (non-hydrogen) atoms. The lowest BCUT2D eigenvalue weighted by Crippen LogP contribution is -2.48. The highest BCUT2D eigenvalue weighted by Gasteiger charge is 2.19. The van der Waals surface area contributed by atoms with E-state index in [2.05, 4.69) is 5.32 Å². The summed E-state index contributed by atoms with van der Waals surface area (Å²) in [6.07, 6.45) is 0. The third-order valence-electron chi connectivity index (χ3n) is 1.76. The minimum absolute atomic E-state index is 0.126. The van der Waals surface area contributed by atoms with Crippen LogP contribution in [0.5, 0.6) is 0 Å². The van der Waals surface area contributed by atoms with Gasteiger partial charge in [-0.15, -0.1) is 0 Å². The van der Waals surface area contributed by atoms with Crippen molar-refractivity contribution in [3.8, 4) is 0 Å². The molecule has 0 saturated carbocycles. The van der Waals surface area contributed by atoms with E-state index in [0.717, 1.165) is 6.54 Å². The van der Waals surface area contributed by atoms with E-state index in [1.54, 1.807) is 0 Å². The molecule has 0 radical (unpaired) electrons. The number of carboxylic acid groups (broad SMARTS) is 1. The molecule has 5 nitrogen and oxygen atoms in total. The number of carbonyl (C=O) groups is 1. The van der Waals surface area contributed by atoms with E-state index in [0.29, 0.717) is 0 Å². The zero-order valence-electron chi connectivity index (χ0n) is 9.28. The molecule has 2 N–H and O–H groups in total. The number of methoxy groups -OCH3 is 1. The van der Waals surface area contributed by atoms with Crippen LogP contribution in [0.25, 0.3) is 0 Å². The Labute approximate surface area is 85.0 Å². The maximum absolute atomic E-state index is 10.8. The quantitative estimate of drug-likeness (QED) is 0.592. The minimum atomic E-state index is -0.877. The fourth-order valence-electron chi connectivity index (χ4n) is 1.30. The van der Waals surface area contributed by atoms with Crippen LogP contribution in [0.1, 0.15) is 6.92 Å². The molecule has 2 unspecified atom stereocenters. The molecule has 0 aliphatic rings. The molecule has 0 saturated heterocycles. The first-order valence-corrected chi connectivity index (χ1v) is 4.60. The van der Waals surface area contributed by atoms with Gasteiger partial charge >= 0.3 is 5.97 Å².